The molecule has 19 heavy (non-hydrogen) atoms. The molecule has 0 bridgehead atoms. The Kier molecular flexibility index (Phi) is 6.83. The monoisotopic (exact) mass is 259 g/mol. The fraction of sp³-hybridized carbons (Fsp3) is 0.611. The zero-order valence-electron chi connectivity index (χ0n) is 13.1. The SMILES string of the molecule is CC(=N)c1c(C)cccc1C.CCC1CCCCC1. The van der Waals surface area contributed by atoms with E-state index in [2.05, 4.69) is 6.92 Å². The Hall–Kier alpha value is -1.11. The fourth-order valence-corrected chi connectivity index (χ4v) is 3.00. The van der Waals surface area contributed by atoms with Crippen LogP contribution in [0.3, 0.4) is 0 Å². The van der Waals surface area contributed by atoms with E-state index in [0.29, 0.717) is 5.71 Å². The molecule has 1 nitrogen and oxygen atoms in total. The summed E-state index contributed by atoms with van der Waals surface area (Å²) in [4.78, 5) is 0. The van der Waals surface area contributed by atoms with Crippen LogP contribution in [0, 0.1) is 25.2 Å². The molecule has 1 saturated carbocycles. The summed E-state index contributed by atoms with van der Waals surface area (Å²) in [6, 6.07) is 6.11. The maximum absolute atomic E-state index is 7.52. The Labute approximate surface area is 118 Å². The lowest BCUT2D eigenvalue weighted by atomic mass is 9.88. The minimum atomic E-state index is 0.653. The van der Waals surface area contributed by atoms with Crippen molar-refractivity contribution in [2.24, 2.45) is 5.92 Å². The number of aryl methyl sites for hydroxylation is 2. The van der Waals surface area contributed by atoms with Crippen molar-refractivity contribution in [2.45, 2.75) is 66.2 Å². The van der Waals surface area contributed by atoms with Crippen LogP contribution in [-0.4, -0.2) is 5.71 Å². The lowest BCUT2D eigenvalue weighted by molar-refractivity contribution is 0.349. The highest BCUT2D eigenvalue weighted by atomic mass is 14.4. The van der Waals surface area contributed by atoms with Crippen molar-refractivity contribution in [1.82, 2.24) is 0 Å². The average Bonchev–Trinajstić information content (AvgIpc) is 2.40. The summed E-state index contributed by atoms with van der Waals surface area (Å²) < 4.78 is 0. The minimum Gasteiger partial charge on any atom is -0.305 e. The molecule has 0 atom stereocenters. The van der Waals surface area contributed by atoms with Crippen LogP contribution < -0.4 is 0 Å². The van der Waals surface area contributed by atoms with E-state index in [1.165, 1.54) is 49.7 Å². The summed E-state index contributed by atoms with van der Waals surface area (Å²) in [6.45, 7) is 8.23. The van der Waals surface area contributed by atoms with Crippen LogP contribution in [0.5, 0.6) is 0 Å². The van der Waals surface area contributed by atoms with Gasteiger partial charge in [0.2, 0.25) is 0 Å². The number of rotatable bonds is 2. The van der Waals surface area contributed by atoms with Gasteiger partial charge in [-0.1, -0.05) is 63.6 Å². The Morgan fingerprint density at radius 1 is 1.11 bits per heavy atom. The normalized spacial score (nSPS) is 15.6. The largest absolute Gasteiger partial charge is 0.305 e. The van der Waals surface area contributed by atoms with E-state index in [-0.39, 0.29) is 0 Å². The van der Waals surface area contributed by atoms with Crippen LogP contribution in [0.4, 0.5) is 0 Å². The van der Waals surface area contributed by atoms with Crippen LogP contribution in [0.15, 0.2) is 18.2 Å². The van der Waals surface area contributed by atoms with Crippen LogP contribution in [0.2, 0.25) is 0 Å². The van der Waals surface area contributed by atoms with Gasteiger partial charge in [0.15, 0.2) is 0 Å². The number of nitrogens with one attached hydrogen (secondary N) is 1. The van der Waals surface area contributed by atoms with Crippen LogP contribution >= 0.6 is 0 Å². The molecule has 1 fully saturated rings. The number of hydrogen-bond donors (Lipinski definition) is 1. The molecule has 0 radical (unpaired) electrons. The zero-order valence-corrected chi connectivity index (χ0v) is 13.1. The van der Waals surface area contributed by atoms with Crippen LogP contribution in [-0.2, 0) is 0 Å². The highest BCUT2D eigenvalue weighted by molar-refractivity contribution is 5.98. The first kappa shape index (κ1) is 15.9. The van der Waals surface area contributed by atoms with Crippen molar-refractivity contribution in [2.75, 3.05) is 0 Å². The maximum Gasteiger partial charge on any atom is 0.0360 e. The third kappa shape index (κ3) is 5.18. The fourth-order valence-electron chi connectivity index (χ4n) is 3.00. The first-order valence-electron chi connectivity index (χ1n) is 7.68. The average molecular weight is 259 g/mol. The molecule has 0 spiro atoms. The second-order valence-electron chi connectivity index (χ2n) is 5.80. The molecule has 1 aromatic rings. The third-order valence-corrected chi connectivity index (χ3v) is 4.16. The Balaban J connectivity index is 0.000000200. The lowest BCUT2D eigenvalue weighted by Gasteiger charge is -2.18. The Morgan fingerprint density at radius 3 is 1.95 bits per heavy atom. The number of benzene rings is 1. The van der Waals surface area contributed by atoms with Gasteiger partial charge in [0.25, 0.3) is 0 Å². The highest BCUT2D eigenvalue weighted by Crippen LogP contribution is 2.25. The quantitative estimate of drug-likeness (QED) is 0.662. The molecule has 0 aliphatic heterocycles. The molecule has 2 rings (SSSR count). The Morgan fingerprint density at radius 2 is 1.63 bits per heavy atom. The van der Waals surface area contributed by atoms with Crippen LogP contribution in [0.25, 0.3) is 0 Å². The first-order chi connectivity index (χ1) is 9.06. The van der Waals surface area contributed by atoms with Gasteiger partial charge in [-0.25, -0.2) is 0 Å². The van der Waals surface area contributed by atoms with Gasteiger partial charge in [-0.15, -0.1) is 0 Å². The summed E-state index contributed by atoms with van der Waals surface area (Å²) in [5, 5.41) is 7.52. The molecule has 1 N–H and O–H groups in total. The van der Waals surface area contributed by atoms with E-state index < -0.39 is 0 Å². The summed E-state index contributed by atoms with van der Waals surface area (Å²) in [5.41, 5.74) is 4.13. The minimum absolute atomic E-state index is 0.653. The predicted octanol–water partition coefficient (Wildman–Crippen LogP) is 5.67. The van der Waals surface area contributed by atoms with E-state index in [4.69, 9.17) is 5.41 Å². The van der Waals surface area contributed by atoms with Gasteiger partial charge >= 0.3 is 0 Å². The highest BCUT2D eigenvalue weighted by Gasteiger charge is 2.09. The van der Waals surface area contributed by atoms with Crippen molar-refractivity contribution >= 4 is 5.71 Å². The van der Waals surface area contributed by atoms with Gasteiger partial charge in [0, 0.05) is 11.3 Å². The van der Waals surface area contributed by atoms with Crippen LogP contribution in [0.1, 0.15) is 69.1 Å². The van der Waals surface area contributed by atoms with Gasteiger partial charge in [-0.2, -0.15) is 0 Å². The summed E-state index contributed by atoms with van der Waals surface area (Å²) in [7, 11) is 0. The third-order valence-electron chi connectivity index (χ3n) is 4.16. The van der Waals surface area contributed by atoms with Gasteiger partial charge < -0.3 is 5.41 Å². The topological polar surface area (TPSA) is 23.9 Å². The van der Waals surface area contributed by atoms with E-state index >= 15 is 0 Å². The molecule has 1 heteroatoms. The molecule has 1 aromatic carbocycles. The second kappa shape index (κ2) is 8.14. The van der Waals surface area contributed by atoms with Crippen molar-refractivity contribution < 1.29 is 0 Å². The smallest absolute Gasteiger partial charge is 0.0360 e. The van der Waals surface area contributed by atoms with E-state index in [1.807, 2.05) is 39.0 Å². The molecular formula is C18H29N. The van der Waals surface area contributed by atoms with E-state index in [9.17, 15) is 0 Å². The molecule has 0 aromatic heterocycles. The van der Waals surface area contributed by atoms with Gasteiger partial charge in [-0.3, -0.25) is 0 Å². The summed E-state index contributed by atoms with van der Waals surface area (Å²) in [5.74, 6) is 1.09. The lowest BCUT2D eigenvalue weighted by Crippen LogP contribution is -2.03. The van der Waals surface area contributed by atoms with Crippen molar-refractivity contribution in [1.29, 1.82) is 5.41 Å². The molecule has 0 amide bonds. The number of hydrogen-bond acceptors (Lipinski definition) is 1. The molecule has 0 saturated heterocycles. The molecular weight excluding hydrogens is 230 g/mol. The second-order valence-corrected chi connectivity index (χ2v) is 5.80. The first-order valence-corrected chi connectivity index (χ1v) is 7.68. The molecule has 0 heterocycles. The predicted molar refractivity (Wildman–Crippen MR) is 85.3 cm³/mol. The summed E-state index contributed by atoms with van der Waals surface area (Å²) in [6.07, 6.45) is 8.93. The van der Waals surface area contributed by atoms with Crippen molar-refractivity contribution in [3.63, 3.8) is 0 Å². The van der Waals surface area contributed by atoms with Crippen molar-refractivity contribution in [3.8, 4) is 0 Å². The van der Waals surface area contributed by atoms with Gasteiger partial charge in [-0.05, 0) is 37.8 Å². The molecule has 0 unspecified atom stereocenters. The van der Waals surface area contributed by atoms with Gasteiger partial charge in [0.1, 0.15) is 0 Å². The van der Waals surface area contributed by atoms with Gasteiger partial charge in [0.05, 0.1) is 0 Å². The van der Waals surface area contributed by atoms with E-state index in [0.717, 1.165) is 11.5 Å². The van der Waals surface area contributed by atoms with E-state index in [1.54, 1.807) is 0 Å². The Bertz CT molecular complexity index is 380. The zero-order chi connectivity index (χ0) is 14.3. The molecule has 1 aliphatic carbocycles. The molecule has 1 aliphatic rings. The standard InChI is InChI=1S/C10H13N.C8H16/c1-7-5-4-6-8(2)10(7)9(3)11;1-2-8-6-4-3-5-7-8/h4-6,11H,1-3H3;8H,2-7H2,1H3. The molecule has 106 valence electrons. The maximum atomic E-state index is 7.52. The van der Waals surface area contributed by atoms with Crippen molar-refractivity contribution in [3.05, 3.63) is 34.9 Å². The summed E-state index contributed by atoms with van der Waals surface area (Å²) >= 11 is 0.